The number of nitrogens with zero attached hydrogens (tertiary/aromatic N) is 1. The second-order valence-corrected chi connectivity index (χ2v) is 5.66. The van der Waals surface area contributed by atoms with Gasteiger partial charge in [-0.3, -0.25) is 0 Å². The molecular weight excluding hydrogens is 319 g/mol. The summed E-state index contributed by atoms with van der Waals surface area (Å²) in [5.41, 5.74) is 0.960. The number of carboxylic acid groups (broad SMARTS) is 1. The van der Waals surface area contributed by atoms with Gasteiger partial charge in [0.05, 0.1) is 21.8 Å². The van der Waals surface area contributed by atoms with Gasteiger partial charge in [0.1, 0.15) is 6.04 Å². The molecule has 0 aliphatic carbocycles. The van der Waals surface area contributed by atoms with Crippen LogP contribution in [0.1, 0.15) is 12.0 Å². The lowest BCUT2D eigenvalue weighted by molar-refractivity contribution is -0.141. The third-order valence-electron chi connectivity index (χ3n) is 3.34. The number of likely N-dealkylation sites (tertiary alicyclic amines) is 1. The fourth-order valence-electron chi connectivity index (χ4n) is 2.22. The maximum Gasteiger partial charge on any atom is 0.326 e. The largest absolute Gasteiger partial charge is 0.480 e. The Bertz CT molecular complexity index is 594. The van der Waals surface area contributed by atoms with E-state index in [2.05, 4.69) is 5.32 Å². The molecule has 0 radical (unpaired) electrons. The molecule has 1 aromatic rings. The Morgan fingerprint density at radius 2 is 2.05 bits per heavy atom. The fourth-order valence-corrected chi connectivity index (χ4v) is 2.69. The minimum Gasteiger partial charge on any atom is -0.480 e. The highest BCUT2D eigenvalue weighted by molar-refractivity contribution is 6.40. The maximum absolute atomic E-state index is 12.2. The Hall–Kier alpha value is -1.50. The normalized spacial score (nSPS) is 21.4. The predicted octanol–water partition coefficient (Wildman–Crippen LogP) is 2.35. The van der Waals surface area contributed by atoms with Crippen LogP contribution < -0.4 is 5.32 Å². The summed E-state index contributed by atoms with van der Waals surface area (Å²) >= 11 is 12.1. The van der Waals surface area contributed by atoms with Crippen LogP contribution in [0.2, 0.25) is 10.0 Å². The first-order valence-corrected chi connectivity index (χ1v) is 7.00. The molecule has 114 valence electrons. The van der Waals surface area contributed by atoms with Crippen molar-refractivity contribution in [1.29, 1.82) is 0 Å². The number of halogens is 2. The second kappa shape index (κ2) is 6.09. The van der Waals surface area contributed by atoms with Gasteiger partial charge in [-0.25, -0.2) is 9.59 Å². The molecule has 1 saturated heterocycles. The van der Waals surface area contributed by atoms with Crippen molar-refractivity contribution in [1.82, 2.24) is 4.90 Å². The van der Waals surface area contributed by atoms with Crippen LogP contribution in [0.3, 0.4) is 0 Å². The number of benzene rings is 1. The number of amides is 2. The monoisotopic (exact) mass is 332 g/mol. The molecule has 2 rings (SSSR count). The lowest BCUT2D eigenvalue weighted by Gasteiger charge is -2.22. The van der Waals surface area contributed by atoms with E-state index in [0.29, 0.717) is 5.02 Å². The number of carbonyl (C=O) groups is 2. The van der Waals surface area contributed by atoms with Crippen LogP contribution in [0, 0.1) is 6.92 Å². The summed E-state index contributed by atoms with van der Waals surface area (Å²) in [6, 6.07) is 1.57. The lowest BCUT2D eigenvalue weighted by Crippen LogP contribution is -2.43. The number of aliphatic carboxylic acids is 1. The van der Waals surface area contributed by atoms with Crippen LogP contribution in [0.25, 0.3) is 0 Å². The standard InChI is InChI=1S/C13H14Cl2N2O4/c1-6-2-3-8(14)11(10(6)15)16-13(21)17-5-7(18)4-9(17)12(19)20/h2-3,7,9,18H,4-5H2,1H3,(H,16,21)(H,19,20)/t7-,9-/m1/s1. The van der Waals surface area contributed by atoms with Gasteiger partial charge in [0.15, 0.2) is 0 Å². The number of aryl methyl sites for hydroxylation is 1. The molecule has 1 aliphatic heterocycles. The first-order chi connectivity index (χ1) is 9.81. The quantitative estimate of drug-likeness (QED) is 0.775. The average molecular weight is 333 g/mol. The van der Waals surface area contributed by atoms with E-state index in [1.165, 1.54) is 0 Å². The molecule has 21 heavy (non-hydrogen) atoms. The third kappa shape index (κ3) is 3.23. The number of urea groups is 1. The molecule has 1 aromatic carbocycles. The van der Waals surface area contributed by atoms with Crippen LogP contribution >= 0.6 is 23.2 Å². The van der Waals surface area contributed by atoms with Gasteiger partial charge in [-0.05, 0) is 18.6 Å². The SMILES string of the molecule is Cc1ccc(Cl)c(NC(=O)N2C[C@H](O)C[C@@H]2C(=O)O)c1Cl. The van der Waals surface area contributed by atoms with Crippen LogP contribution in [-0.4, -0.2) is 45.8 Å². The van der Waals surface area contributed by atoms with Gasteiger partial charge in [0.2, 0.25) is 0 Å². The number of hydrogen-bond acceptors (Lipinski definition) is 3. The van der Waals surface area contributed by atoms with E-state index in [1.807, 2.05) is 0 Å². The van der Waals surface area contributed by atoms with E-state index in [-0.39, 0.29) is 23.7 Å². The van der Waals surface area contributed by atoms with Gasteiger partial charge in [0, 0.05) is 13.0 Å². The van der Waals surface area contributed by atoms with Gasteiger partial charge in [-0.1, -0.05) is 29.3 Å². The fraction of sp³-hybridized carbons (Fsp3) is 0.385. The molecule has 0 aromatic heterocycles. The zero-order valence-electron chi connectivity index (χ0n) is 11.1. The van der Waals surface area contributed by atoms with E-state index in [9.17, 15) is 14.7 Å². The topological polar surface area (TPSA) is 89.9 Å². The van der Waals surface area contributed by atoms with Crippen molar-refractivity contribution in [3.63, 3.8) is 0 Å². The Balaban J connectivity index is 2.22. The zero-order chi connectivity index (χ0) is 15.7. The summed E-state index contributed by atoms with van der Waals surface area (Å²) in [6.07, 6.45) is -0.863. The molecule has 1 heterocycles. The molecule has 6 nitrogen and oxygen atoms in total. The molecule has 1 aliphatic rings. The van der Waals surface area contributed by atoms with Crippen LogP contribution in [-0.2, 0) is 4.79 Å². The third-order valence-corrected chi connectivity index (χ3v) is 4.14. The number of β-amino-alcohol motifs (C(OH)–C–C–N with tert-alkyl or cyclic N) is 1. The minimum atomic E-state index is -1.16. The highest BCUT2D eigenvalue weighted by atomic mass is 35.5. The predicted molar refractivity (Wildman–Crippen MR) is 79.0 cm³/mol. The molecule has 0 bridgehead atoms. The molecule has 0 unspecified atom stereocenters. The van der Waals surface area contributed by atoms with E-state index in [4.69, 9.17) is 28.3 Å². The summed E-state index contributed by atoms with van der Waals surface area (Å²) < 4.78 is 0. The van der Waals surface area contributed by atoms with E-state index < -0.39 is 24.1 Å². The highest BCUT2D eigenvalue weighted by Gasteiger charge is 2.39. The van der Waals surface area contributed by atoms with Gasteiger partial charge < -0.3 is 20.4 Å². The number of carbonyl (C=O) groups excluding carboxylic acids is 1. The summed E-state index contributed by atoms with van der Waals surface area (Å²) in [7, 11) is 0. The zero-order valence-corrected chi connectivity index (χ0v) is 12.6. The lowest BCUT2D eigenvalue weighted by atomic mass is 10.2. The number of aliphatic hydroxyl groups excluding tert-OH is 1. The van der Waals surface area contributed by atoms with E-state index in [0.717, 1.165) is 10.5 Å². The molecule has 8 heteroatoms. The Labute approximate surface area is 131 Å². The number of hydrogen-bond donors (Lipinski definition) is 3. The van der Waals surface area contributed by atoms with Crippen molar-refractivity contribution in [2.75, 3.05) is 11.9 Å². The molecule has 2 amide bonds. The van der Waals surface area contributed by atoms with Crippen molar-refractivity contribution in [2.24, 2.45) is 0 Å². The summed E-state index contributed by atoms with van der Waals surface area (Å²) in [4.78, 5) is 24.4. The number of nitrogens with one attached hydrogen (secondary N) is 1. The number of rotatable bonds is 2. The van der Waals surface area contributed by atoms with Crippen LogP contribution in [0.4, 0.5) is 10.5 Å². The molecular formula is C13H14Cl2N2O4. The minimum absolute atomic E-state index is 0.00195. The Morgan fingerprint density at radius 1 is 1.38 bits per heavy atom. The molecule has 0 spiro atoms. The average Bonchev–Trinajstić information content (AvgIpc) is 2.81. The molecule has 2 atom stereocenters. The van der Waals surface area contributed by atoms with Crippen molar-refractivity contribution in [3.05, 3.63) is 27.7 Å². The highest BCUT2D eigenvalue weighted by Crippen LogP contribution is 2.33. The Kier molecular flexibility index (Phi) is 4.61. The van der Waals surface area contributed by atoms with Crippen LogP contribution in [0.5, 0.6) is 0 Å². The second-order valence-electron chi connectivity index (χ2n) is 4.88. The van der Waals surface area contributed by atoms with Crippen molar-refractivity contribution in [2.45, 2.75) is 25.5 Å². The number of anilines is 1. The first-order valence-electron chi connectivity index (χ1n) is 6.24. The maximum atomic E-state index is 12.2. The smallest absolute Gasteiger partial charge is 0.326 e. The van der Waals surface area contributed by atoms with Gasteiger partial charge in [-0.2, -0.15) is 0 Å². The summed E-state index contributed by atoms with van der Waals surface area (Å²) in [6.45, 7) is 1.71. The Morgan fingerprint density at radius 3 is 2.67 bits per heavy atom. The molecule has 0 saturated carbocycles. The van der Waals surface area contributed by atoms with Crippen molar-refractivity contribution in [3.8, 4) is 0 Å². The first kappa shape index (κ1) is 15.9. The molecule has 1 fully saturated rings. The van der Waals surface area contributed by atoms with Crippen molar-refractivity contribution >= 4 is 40.9 Å². The van der Waals surface area contributed by atoms with Gasteiger partial charge in [0.25, 0.3) is 0 Å². The number of aliphatic hydroxyl groups is 1. The number of carboxylic acids is 1. The molecule has 3 N–H and O–H groups in total. The van der Waals surface area contributed by atoms with Crippen molar-refractivity contribution < 1.29 is 19.8 Å². The van der Waals surface area contributed by atoms with Crippen LogP contribution in [0.15, 0.2) is 12.1 Å². The van der Waals surface area contributed by atoms with E-state index in [1.54, 1.807) is 19.1 Å². The van der Waals surface area contributed by atoms with Gasteiger partial charge in [-0.15, -0.1) is 0 Å². The summed E-state index contributed by atoms with van der Waals surface area (Å²) in [5.74, 6) is -1.16. The summed E-state index contributed by atoms with van der Waals surface area (Å²) in [5, 5.41) is 21.7. The van der Waals surface area contributed by atoms with Gasteiger partial charge >= 0.3 is 12.0 Å². The van der Waals surface area contributed by atoms with E-state index >= 15 is 0 Å².